The summed E-state index contributed by atoms with van der Waals surface area (Å²) in [6.45, 7) is 4.60. The van der Waals surface area contributed by atoms with Crippen molar-refractivity contribution in [2.24, 2.45) is 0 Å². The molecular weight excluding hydrogens is 266 g/mol. The third-order valence-electron chi connectivity index (χ3n) is 4.16. The Kier molecular flexibility index (Phi) is 4.35. The van der Waals surface area contributed by atoms with Gasteiger partial charge in [0.15, 0.2) is 0 Å². The first-order valence-corrected chi connectivity index (χ1v) is 7.41. The molecule has 0 aromatic heterocycles. The first-order valence-electron chi connectivity index (χ1n) is 7.41. The fourth-order valence-corrected chi connectivity index (χ4v) is 2.94. The Morgan fingerprint density at radius 1 is 1.19 bits per heavy atom. The van der Waals surface area contributed by atoms with Crippen LogP contribution in [-0.2, 0) is 15.0 Å². The molecule has 0 aliphatic heterocycles. The number of hydrogen-bond acceptors (Lipinski definition) is 2. The molecule has 0 atom stereocenters. The van der Waals surface area contributed by atoms with Crippen LogP contribution in [0.2, 0.25) is 0 Å². The van der Waals surface area contributed by atoms with E-state index in [1.165, 1.54) is 11.1 Å². The van der Waals surface area contributed by atoms with Crippen LogP contribution in [0.4, 0.5) is 0 Å². The largest absolute Gasteiger partial charge is 0.481 e. The standard InChI is InChI=1S/C17H23NO3/c1-12-9-13(2)11-14(10-12)17(6-7-17)16(21)18(3)8-4-5-15(19)20/h9-11H,4-8H2,1-3H3,(H,19,20). The molecule has 0 spiro atoms. The predicted molar refractivity (Wildman–Crippen MR) is 81.3 cm³/mol. The van der Waals surface area contributed by atoms with Gasteiger partial charge in [-0.05, 0) is 38.7 Å². The van der Waals surface area contributed by atoms with Crippen LogP contribution in [0.25, 0.3) is 0 Å². The summed E-state index contributed by atoms with van der Waals surface area (Å²) in [5.74, 6) is -0.691. The molecule has 1 amide bonds. The molecule has 1 aliphatic rings. The van der Waals surface area contributed by atoms with Gasteiger partial charge >= 0.3 is 5.97 Å². The summed E-state index contributed by atoms with van der Waals surface area (Å²) in [5.41, 5.74) is 3.10. The quantitative estimate of drug-likeness (QED) is 0.876. The smallest absolute Gasteiger partial charge is 0.303 e. The SMILES string of the molecule is Cc1cc(C)cc(C2(C(=O)N(C)CCCC(=O)O)CC2)c1. The Labute approximate surface area is 125 Å². The molecule has 0 unspecified atom stereocenters. The monoisotopic (exact) mass is 289 g/mol. The van der Waals surface area contributed by atoms with Crippen molar-refractivity contribution < 1.29 is 14.7 Å². The lowest BCUT2D eigenvalue weighted by Gasteiger charge is -2.24. The van der Waals surface area contributed by atoms with Crippen molar-refractivity contribution in [1.29, 1.82) is 0 Å². The van der Waals surface area contributed by atoms with E-state index in [4.69, 9.17) is 5.11 Å². The van der Waals surface area contributed by atoms with E-state index in [1.807, 2.05) is 13.8 Å². The van der Waals surface area contributed by atoms with E-state index in [0.29, 0.717) is 13.0 Å². The normalized spacial score (nSPS) is 15.6. The number of likely N-dealkylation sites (N-methyl/N-ethyl adjacent to an activating group) is 1. The lowest BCUT2D eigenvalue weighted by molar-refractivity contribution is -0.138. The molecule has 0 bridgehead atoms. The van der Waals surface area contributed by atoms with Gasteiger partial charge in [-0.25, -0.2) is 0 Å². The van der Waals surface area contributed by atoms with E-state index in [9.17, 15) is 9.59 Å². The van der Waals surface area contributed by atoms with Crippen molar-refractivity contribution in [3.8, 4) is 0 Å². The van der Waals surface area contributed by atoms with Crippen LogP contribution >= 0.6 is 0 Å². The topological polar surface area (TPSA) is 57.6 Å². The predicted octanol–water partition coefficient (Wildman–Crippen LogP) is 2.66. The second-order valence-electron chi connectivity index (χ2n) is 6.18. The molecule has 4 nitrogen and oxygen atoms in total. The van der Waals surface area contributed by atoms with Crippen LogP contribution in [0.5, 0.6) is 0 Å². The Balaban J connectivity index is 2.08. The van der Waals surface area contributed by atoms with Gasteiger partial charge < -0.3 is 10.0 Å². The van der Waals surface area contributed by atoms with Gasteiger partial charge in [-0.2, -0.15) is 0 Å². The fraction of sp³-hybridized carbons (Fsp3) is 0.529. The van der Waals surface area contributed by atoms with E-state index < -0.39 is 5.97 Å². The zero-order chi connectivity index (χ0) is 15.6. The third kappa shape index (κ3) is 3.43. The van der Waals surface area contributed by atoms with E-state index in [-0.39, 0.29) is 17.7 Å². The Hall–Kier alpha value is -1.84. The molecule has 114 valence electrons. The number of aliphatic carboxylic acids is 1. The molecule has 0 radical (unpaired) electrons. The summed E-state index contributed by atoms with van der Waals surface area (Å²) in [4.78, 5) is 24.9. The number of carboxylic acid groups (broad SMARTS) is 1. The number of rotatable bonds is 6. The van der Waals surface area contributed by atoms with Crippen LogP contribution in [0.3, 0.4) is 0 Å². The maximum absolute atomic E-state index is 12.7. The molecule has 0 saturated heterocycles. The highest BCUT2D eigenvalue weighted by molar-refractivity contribution is 5.91. The molecular formula is C17H23NO3. The minimum absolute atomic E-state index is 0.105. The Morgan fingerprint density at radius 3 is 2.24 bits per heavy atom. The molecule has 2 rings (SSSR count). The van der Waals surface area contributed by atoms with Crippen molar-refractivity contribution >= 4 is 11.9 Å². The van der Waals surface area contributed by atoms with Crippen molar-refractivity contribution in [1.82, 2.24) is 4.90 Å². The number of hydrogen-bond donors (Lipinski definition) is 1. The summed E-state index contributed by atoms with van der Waals surface area (Å²) in [6, 6.07) is 6.31. The van der Waals surface area contributed by atoms with Gasteiger partial charge in [-0.1, -0.05) is 29.3 Å². The number of benzene rings is 1. The lowest BCUT2D eigenvalue weighted by Crippen LogP contribution is -2.37. The van der Waals surface area contributed by atoms with E-state index in [2.05, 4.69) is 18.2 Å². The molecule has 1 aromatic carbocycles. The van der Waals surface area contributed by atoms with Gasteiger partial charge in [0, 0.05) is 20.0 Å². The molecule has 0 heterocycles. The average Bonchev–Trinajstić information content (AvgIpc) is 3.17. The van der Waals surface area contributed by atoms with Gasteiger partial charge in [-0.3, -0.25) is 9.59 Å². The van der Waals surface area contributed by atoms with Gasteiger partial charge in [0.25, 0.3) is 0 Å². The summed E-state index contributed by atoms with van der Waals surface area (Å²) >= 11 is 0. The first-order chi connectivity index (χ1) is 9.85. The zero-order valence-corrected chi connectivity index (χ0v) is 13.0. The molecule has 1 saturated carbocycles. The number of carboxylic acids is 1. The average molecular weight is 289 g/mol. The number of carbonyl (C=O) groups excluding carboxylic acids is 1. The maximum atomic E-state index is 12.7. The molecule has 4 heteroatoms. The van der Waals surface area contributed by atoms with Crippen LogP contribution in [-0.4, -0.2) is 35.5 Å². The Morgan fingerprint density at radius 2 is 1.76 bits per heavy atom. The highest BCUT2D eigenvalue weighted by Gasteiger charge is 2.52. The second kappa shape index (κ2) is 5.88. The minimum atomic E-state index is -0.814. The molecule has 1 fully saturated rings. The van der Waals surface area contributed by atoms with E-state index in [0.717, 1.165) is 18.4 Å². The highest BCUT2D eigenvalue weighted by atomic mass is 16.4. The maximum Gasteiger partial charge on any atom is 0.303 e. The van der Waals surface area contributed by atoms with Crippen LogP contribution in [0.1, 0.15) is 42.4 Å². The summed E-state index contributed by atoms with van der Waals surface area (Å²) in [6.07, 6.45) is 2.38. The van der Waals surface area contributed by atoms with Gasteiger partial charge in [0.2, 0.25) is 5.91 Å². The molecule has 1 aromatic rings. The van der Waals surface area contributed by atoms with Crippen molar-refractivity contribution in [2.75, 3.05) is 13.6 Å². The van der Waals surface area contributed by atoms with Crippen LogP contribution in [0, 0.1) is 13.8 Å². The third-order valence-corrected chi connectivity index (χ3v) is 4.16. The number of carbonyl (C=O) groups is 2. The molecule has 21 heavy (non-hydrogen) atoms. The van der Waals surface area contributed by atoms with E-state index >= 15 is 0 Å². The minimum Gasteiger partial charge on any atom is -0.481 e. The molecule has 1 N–H and O–H groups in total. The van der Waals surface area contributed by atoms with E-state index in [1.54, 1.807) is 11.9 Å². The fourth-order valence-electron chi connectivity index (χ4n) is 2.94. The van der Waals surface area contributed by atoms with Gasteiger partial charge in [0.1, 0.15) is 0 Å². The van der Waals surface area contributed by atoms with Crippen LogP contribution < -0.4 is 0 Å². The first kappa shape index (κ1) is 15.5. The second-order valence-corrected chi connectivity index (χ2v) is 6.18. The highest BCUT2D eigenvalue weighted by Crippen LogP contribution is 2.49. The zero-order valence-electron chi connectivity index (χ0n) is 13.0. The van der Waals surface area contributed by atoms with Crippen molar-refractivity contribution in [3.05, 3.63) is 34.9 Å². The van der Waals surface area contributed by atoms with Crippen molar-refractivity contribution in [3.63, 3.8) is 0 Å². The van der Waals surface area contributed by atoms with Gasteiger partial charge in [-0.15, -0.1) is 0 Å². The Bertz CT molecular complexity index is 541. The summed E-state index contributed by atoms with van der Waals surface area (Å²) in [7, 11) is 1.77. The summed E-state index contributed by atoms with van der Waals surface area (Å²) in [5, 5.41) is 8.67. The number of nitrogens with zero attached hydrogens (tertiary/aromatic N) is 1. The van der Waals surface area contributed by atoms with Gasteiger partial charge in [0.05, 0.1) is 5.41 Å². The van der Waals surface area contributed by atoms with Crippen molar-refractivity contribution in [2.45, 2.75) is 44.9 Å². The summed E-state index contributed by atoms with van der Waals surface area (Å²) < 4.78 is 0. The number of amides is 1. The molecule has 1 aliphatic carbocycles. The number of aryl methyl sites for hydroxylation is 2. The lowest BCUT2D eigenvalue weighted by atomic mass is 9.91. The van der Waals surface area contributed by atoms with Crippen LogP contribution in [0.15, 0.2) is 18.2 Å².